The van der Waals surface area contributed by atoms with Crippen LogP contribution in [0.3, 0.4) is 0 Å². The first kappa shape index (κ1) is 15.5. The summed E-state index contributed by atoms with van der Waals surface area (Å²) in [4.78, 5) is 22.6. The molecule has 0 aromatic carbocycles. The second kappa shape index (κ2) is 8.56. The van der Waals surface area contributed by atoms with Gasteiger partial charge in [0, 0.05) is 0 Å². The number of amides is 1. The number of hydrogen-bond acceptors (Lipinski definition) is 3. The molecule has 0 spiro atoms. The minimum absolute atomic E-state index is 0.0461. The van der Waals surface area contributed by atoms with Gasteiger partial charge < -0.3 is 15.2 Å². The van der Waals surface area contributed by atoms with E-state index in [1.807, 2.05) is 0 Å². The predicted molar refractivity (Wildman–Crippen MR) is 72.0 cm³/mol. The molecule has 0 aliphatic heterocycles. The second-order valence-corrected chi connectivity index (χ2v) is 4.92. The number of hydrogen-bond donors (Lipinski definition) is 2. The smallest absolute Gasteiger partial charge is 0.408 e. The molecule has 0 aromatic rings. The van der Waals surface area contributed by atoms with Gasteiger partial charge in [-0.25, -0.2) is 9.59 Å². The highest BCUT2D eigenvalue weighted by molar-refractivity contribution is 5.79. The maximum absolute atomic E-state index is 11.6. The maximum Gasteiger partial charge on any atom is 0.408 e. The number of carboxylic acids is 1. The van der Waals surface area contributed by atoms with Crippen LogP contribution in [0.1, 0.15) is 51.4 Å². The van der Waals surface area contributed by atoms with Crippen molar-refractivity contribution in [1.29, 1.82) is 0 Å². The Balaban J connectivity index is 2.28. The Kier molecular flexibility index (Phi) is 7.00. The first-order valence-electron chi connectivity index (χ1n) is 6.94. The third-order valence-electron chi connectivity index (χ3n) is 3.32. The number of carbonyl (C=O) groups is 2. The lowest BCUT2D eigenvalue weighted by Gasteiger charge is -2.17. The molecule has 1 unspecified atom stereocenters. The Morgan fingerprint density at radius 2 is 2.05 bits per heavy atom. The highest BCUT2D eigenvalue weighted by atomic mass is 16.6. The minimum atomic E-state index is -1.01. The summed E-state index contributed by atoms with van der Waals surface area (Å²) in [6, 6.07) is -0.862. The molecule has 0 saturated heterocycles. The molecule has 1 rings (SSSR count). The average Bonchev–Trinajstić information content (AvgIpc) is 2.85. The summed E-state index contributed by atoms with van der Waals surface area (Å²) in [5.74, 6) is -1.01. The molecule has 1 aliphatic carbocycles. The van der Waals surface area contributed by atoms with Gasteiger partial charge in [0.05, 0.1) is 0 Å². The van der Waals surface area contributed by atoms with E-state index in [1.165, 1.54) is 0 Å². The second-order valence-electron chi connectivity index (χ2n) is 4.92. The van der Waals surface area contributed by atoms with Gasteiger partial charge in [0.15, 0.2) is 0 Å². The fourth-order valence-electron chi connectivity index (χ4n) is 2.23. The molecule has 0 bridgehead atoms. The minimum Gasteiger partial charge on any atom is -0.480 e. The topological polar surface area (TPSA) is 75.6 Å². The van der Waals surface area contributed by atoms with Crippen molar-refractivity contribution in [3.63, 3.8) is 0 Å². The molecule has 0 radical (unpaired) electrons. The van der Waals surface area contributed by atoms with Crippen molar-refractivity contribution >= 4 is 12.1 Å². The molecule has 5 heteroatoms. The summed E-state index contributed by atoms with van der Waals surface area (Å²) in [5.41, 5.74) is 0. The molecule has 1 aliphatic rings. The zero-order valence-corrected chi connectivity index (χ0v) is 11.3. The van der Waals surface area contributed by atoms with Crippen LogP contribution in [0.15, 0.2) is 12.7 Å². The molecular weight excluding hydrogens is 246 g/mol. The average molecular weight is 269 g/mol. The van der Waals surface area contributed by atoms with Gasteiger partial charge in [-0.05, 0) is 44.9 Å². The Hall–Kier alpha value is -1.52. The van der Waals surface area contributed by atoms with E-state index in [9.17, 15) is 9.59 Å². The van der Waals surface area contributed by atoms with E-state index >= 15 is 0 Å². The Labute approximate surface area is 114 Å². The zero-order valence-electron chi connectivity index (χ0n) is 11.3. The molecule has 1 saturated carbocycles. The van der Waals surface area contributed by atoms with Crippen LogP contribution in [0.2, 0.25) is 0 Å². The largest absolute Gasteiger partial charge is 0.480 e. The van der Waals surface area contributed by atoms with Crippen molar-refractivity contribution in [3.8, 4) is 0 Å². The predicted octanol–water partition coefficient (Wildman–Crippen LogP) is 2.85. The summed E-state index contributed by atoms with van der Waals surface area (Å²) in [6.45, 7) is 3.61. The van der Waals surface area contributed by atoms with E-state index in [0.717, 1.165) is 44.9 Å². The van der Waals surface area contributed by atoms with E-state index in [0.29, 0.717) is 6.42 Å². The van der Waals surface area contributed by atoms with E-state index in [4.69, 9.17) is 9.84 Å². The van der Waals surface area contributed by atoms with Crippen LogP contribution in [0.25, 0.3) is 0 Å². The number of carbonyl (C=O) groups excluding carboxylic acids is 1. The van der Waals surface area contributed by atoms with Crippen molar-refractivity contribution < 1.29 is 19.4 Å². The molecule has 1 amide bonds. The van der Waals surface area contributed by atoms with Crippen LogP contribution in [-0.2, 0) is 9.53 Å². The first-order valence-corrected chi connectivity index (χ1v) is 6.94. The number of rotatable bonds is 8. The molecule has 2 N–H and O–H groups in total. The van der Waals surface area contributed by atoms with Crippen LogP contribution in [0.4, 0.5) is 4.79 Å². The number of alkyl carbamates (subject to hydrolysis) is 1. The highest BCUT2D eigenvalue weighted by Crippen LogP contribution is 2.21. The van der Waals surface area contributed by atoms with Crippen molar-refractivity contribution in [2.24, 2.45) is 0 Å². The number of aliphatic carboxylic acids is 1. The van der Waals surface area contributed by atoms with Gasteiger partial charge in [0.2, 0.25) is 0 Å². The van der Waals surface area contributed by atoms with Crippen LogP contribution in [0, 0.1) is 0 Å². The summed E-state index contributed by atoms with van der Waals surface area (Å²) < 4.78 is 5.19. The van der Waals surface area contributed by atoms with E-state index in [1.54, 1.807) is 6.08 Å². The lowest BCUT2D eigenvalue weighted by molar-refractivity contribution is -0.139. The Morgan fingerprint density at radius 1 is 1.37 bits per heavy atom. The lowest BCUT2D eigenvalue weighted by atomic mass is 10.1. The third kappa shape index (κ3) is 6.27. The monoisotopic (exact) mass is 269 g/mol. The fraction of sp³-hybridized carbons (Fsp3) is 0.714. The number of carboxylic acid groups (broad SMARTS) is 1. The first-order chi connectivity index (χ1) is 9.13. The molecule has 0 aromatic heterocycles. The number of unbranched alkanes of at least 4 members (excludes halogenated alkanes) is 2. The van der Waals surface area contributed by atoms with Crippen LogP contribution < -0.4 is 5.32 Å². The van der Waals surface area contributed by atoms with Gasteiger partial charge >= 0.3 is 12.1 Å². The molecule has 5 nitrogen and oxygen atoms in total. The molecule has 1 fully saturated rings. The van der Waals surface area contributed by atoms with Crippen molar-refractivity contribution in [2.45, 2.75) is 63.5 Å². The van der Waals surface area contributed by atoms with Gasteiger partial charge in [0.1, 0.15) is 12.1 Å². The summed E-state index contributed by atoms with van der Waals surface area (Å²) in [7, 11) is 0. The Morgan fingerprint density at radius 3 is 2.63 bits per heavy atom. The molecule has 108 valence electrons. The summed E-state index contributed by atoms with van der Waals surface area (Å²) in [5, 5.41) is 11.5. The normalized spacial score (nSPS) is 16.8. The van der Waals surface area contributed by atoms with Gasteiger partial charge in [0.25, 0.3) is 0 Å². The molecule has 1 atom stereocenters. The fourth-order valence-corrected chi connectivity index (χ4v) is 2.23. The summed E-state index contributed by atoms with van der Waals surface area (Å²) in [6.07, 6.45) is 7.95. The van der Waals surface area contributed by atoms with Crippen LogP contribution in [0.5, 0.6) is 0 Å². The SMILES string of the molecule is C=CCCCCC(NC(=O)OC1CCCC1)C(=O)O. The molecular formula is C14H23NO4. The third-order valence-corrected chi connectivity index (χ3v) is 3.32. The number of ether oxygens (including phenoxy) is 1. The lowest BCUT2D eigenvalue weighted by Crippen LogP contribution is -2.42. The summed E-state index contributed by atoms with van der Waals surface area (Å²) >= 11 is 0. The number of nitrogens with one attached hydrogen (secondary N) is 1. The number of allylic oxidation sites excluding steroid dienone is 1. The van der Waals surface area contributed by atoms with Crippen molar-refractivity contribution in [2.75, 3.05) is 0 Å². The van der Waals surface area contributed by atoms with Gasteiger partial charge in [-0.2, -0.15) is 0 Å². The Bertz CT molecular complexity index is 311. The van der Waals surface area contributed by atoms with E-state index < -0.39 is 18.1 Å². The highest BCUT2D eigenvalue weighted by Gasteiger charge is 2.23. The van der Waals surface area contributed by atoms with Crippen LogP contribution >= 0.6 is 0 Å². The van der Waals surface area contributed by atoms with Crippen molar-refractivity contribution in [1.82, 2.24) is 5.32 Å². The zero-order chi connectivity index (χ0) is 14.1. The van der Waals surface area contributed by atoms with E-state index in [-0.39, 0.29) is 6.10 Å². The standard InChI is InChI=1S/C14H23NO4/c1-2-3-4-5-10-12(13(16)17)15-14(18)19-11-8-6-7-9-11/h2,11-12H,1,3-10H2,(H,15,18)(H,16,17). The molecule has 19 heavy (non-hydrogen) atoms. The van der Waals surface area contributed by atoms with E-state index in [2.05, 4.69) is 11.9 Å². The maximum atomic E-state index is 11.6. The van der Waals surface area contributed by atoms with Gasteiger partial charge in [-0.15, -0.1) is 6.58 Å². The molecule has 0 heterocycles. The van der Waals surface area contributed by atoms with Crippen LogP contribution in [-0.4, -0.2) is 29.3 Å². The quantitative estimate of drug-likeness (QED) is 0.525. The van der Waals surface area contributed by atoms with Gasteiger partial charge in [-0.1, -0.05) is 12.5 Å². The van der Waals surface area contributed by atoms with Gasteiger partial charge in [-0.3, -0.25) is 0 Å². The van der Waals surface area contributed by atoms with Crippen molar-refractivity contribution in [3.05, 3.63) is 12.7 Å².